The zero-order chi connectivity index (χ0) is 27.4. The Hall–Kier alpha value is -4.18. The summed E-state index contributed by atoms with van der Waals surface area (Å²) in [6.45, 7) is 0.0166. The van der Waals surface area contributed by atoms with Gasteiger partial charge in [-0.05, 0) is 41.0 Å². The van der Waals surface area contributed by atoms with Crippen LogP contribution < -0.4 is 20.7 Å². The number of methoxy groups -OCH3 is 2. The van der Waals surface area contributed by atoms with E-state index in [4.69, 9.17) is 18.9 Å². The van der Waals surface area contributed by atoms with Crippen LogP contribution in [-0.2, 0) is 15.1 Å². The molecule has 39 heavy (non-hydrogen) atoms. The maximum absolute atomic E-state index is 12.3. The lowest BCUT2D eigenvalue weighted by molar-refractivity contribution is -0.0944. The van der Waals surface area contributed by atoms with Crippen molar-refractivity contribution >= 4 is 0 Å². The van der Waals surface area contributed by atoms with Crippen LogP contribution in [0.5, 0.6) is 11.5 Å². The van der Waals surface area contributed by atoms with Gasteiger partial charge in [0.2, 0.25) is 0 Å². The van der Waals surface area contributed by atoms with Gasteiger partial charge >= 0.3 is 5.69 Å². The highest BCUT2D eigenvalue weighted by Crippen LogP contribution is 2.42. The minimum Gasteiger partial charge on any atom is -0.497 e. The summed E-state index contributed by atoms with van der Waals surface area (Å²) in [6, 6.07) is 26.3. The van der Waals surface area contributed by atoms with E-state index in [9.17, 15) is 14.7 Å². The Morgan fingerprint density at radius 3 is 1.97 bits per heavy atom. The summed E-state index contributed by atoms with van der Waals surface area (Å²) in [5, 5.41) is 10.9. The lowest BCUT2D eigenvalue weighted by Gasteiger charge is -2.37. The van der Waals surface area contributed by atoms with Crippen molar-refractivity contribution in [2.75, 3.05) is 20.8 Å². The first-order chi connectivity index (χ1) is 18.9. The van der Waals surface area contributed by atoms with Gasteiger partial charge in [-0.2, -0.15) is 0 Å². The van der Waals surface area contributed by atoms with Gasteiger partial charge in [0.25, 0.3) is 5.56 Å². The summed E-state index contributed by atoms with van der Waals surface area (Å²) in [4.78, 5) is 26.0. The van der Waals surface area contributed by atoms with Crippen LogP contribution in [0, 0.1) is 0 Å². The number of hydrogen-bond acceptors (Lipinski definition) is 7. The molecule has 2 heterocycles. The van der Waals surface area contributed by atoms with Gasteiger partial charge in [-0.1, -0.05) is 54.6 Å². The molecule has 3 aromatic carbocycles. The Morgan fingerprint density at radius 2 is 1.44 bits per heavy atom. The third-order valence-corrected chi connectivity index (χ3v) is 7.00. The van der Waals surface area contributed by atoms with E-state index in [0.29, 0.717) is 11.5 Å². The highest BCUT2D eigenvalue weighted by Gasteiger charge is 2.42. The SMILES string of the molecule is COc1ccc(C(OC[C@@H]2O[C@@H](n3ccc(=O)[nH]c3=O)C[C@H]2O)(c2ccccc2)c2ccc(OC)cc2)cc1. The van der Waals surface area contributed by atoms with Crippen molar-refractivity contribution in [3.05, 3.63) is 129 Å². The zero-order valence-electron chi connectivity index (χ0n) is 21.7. The number of ether oxygens (including phenoxy) is 4. The number of rotatable bonds is 9. The van der Waals surface area contributed by atoms with Crippen molar-refractivity contribution < 1.29 is 24.1 Å². The Balaban J connectivity index is 1.54. The van der Waals surface area contributed by atoms with Crippen molar-refractivity contribution in [3.63, 3.8) is 0 Å². The highest BCUT2D eigenvalue weighted by molar-refractivity contribution is 5.49. The Labute approximate surface area is 225 Å². The fourth-order valence-electron chi connectivity index (χ4n) is 4.97. The van der Waals surface area contributed by atoms with Gasteiger partial charge in [-0.3, -0.25) is 14.3 Å². The molecule has 9 heteroatoms. The predicted octanol–water partition coefficient (Wildman–Crippen LogP) is 3.21. The van der Waals surface area contributed by atoms with E-state index in [1.165, 1.54) is 16.8 Å². The molecular weight excluding hydrogens is 500 g/mol. The second kappa shape index (κ2) is 11.3. The number of aromatic amines is 1. The minimum absolute atomic E-state index is 0.0166. The number of nitrogens with one attached hydrogen (secondary N) is 1. The Bertz CT molecular complexity index is 1450. The number of hydrogen-bond donors (Lipinski definition) is 2. The van der Waals surface area contributed by atoms with Crippen molar-refractivity contribution in [2.45, 2.75) is 30.5 Å². The van der Waals surface area contributed by atoms with E-state index in [1.54, 1.807) is 14.2 Å². The molecule has 4 aromatic rings. The first-order valence-electron chi connectivity index (χ1n) is 12.6. The molecular formula is C30H30N2O7. The summed E-state index contributed by atoms with van der Waals surface area (Å²) in [5.41, 5.74) is 0.399. The van der Waals surface area contributed by atoms with Crippen LogP contribution in [0.25, 0.3) is 0 Å². The molecule has 2 N–H and O–H groups in total. The summed E-state index contributed by atoms with van der Waals surface area (Å²) in [7, 11) is 3.23. The molecule has 0 aliphatic carbocycles. The van der Waals surface area contributed by atoms with Gasteiger partial charge in [0.1, 0.15) is 29.4 Å². The van der Waals surface area contributed by atoms with Crippen LogP contribution in [0.2, 0.25) is 0 Å². The average Bonchev–Trinajstić information content (AvgIpc) is 3.34. The van der Waals surface area contributed by atoms with E-state index in [2.05, 4.69) is 4.98 Å². The van der Waals surface area contributed by atoms with Gasteiger partial charge in [0.05, 0.1) is 26.9 Å². The minimum atomic E-state index is -1.07. The molecule has 1 saturated heterocycles. The van der Waals surface area contributed by atoms with Crippen molar-refractivity contribution in [1.29, 1.82) is 0 Å². The number of benzene rings is 3. The van der Waals surface area contributed by atoms with Crippen LogP contribution in [0.3, 0.4) is 0 Å². The third-order valence-electron chi connectivity index (χ3n) is 7.00. The lowest BCUT2D eigenvalue weighted by Crippen LogP contribution is -2.38. The van der Waals surface area contributed by atoms with E-state index in [1.807, 2.05) is 78.9 Å². The van der Waals surface area contributed by atoms with Gasteiger partial charge < -0.3 is 24.1 Å². The van der Waals surface area contributed by atoms with Gasteiger partial charge in [0.15, 0.2) is 0 Å². The fourth-order valence-corrected chi connectivity index (χ4v) is 4.97. The van der Waals surface area contributed by atoms with Crippen molar-refractivity contribution in [2.24, 2.45) is 0 Å². The van der Waals surface area contributed by atoms with Gasteiger partial charge in [0, 0.05) is 18.7 Å². The van der Waals surface area contributed by atoms with Crippen LogP contribution in [0.4, 0.5) is 0 Å². The summed E-state index contributed by atoms with van der Waals surface area (Å²) < 4.78 is 24.9. The Morgan fingerprint density at radius 1 is 0.872 bits per heavy atom. The number of aliphatic hydroxyl groups excluding tert-OH is 1. The molecule has 0 amide bonds. The van der Waals surface area contributed by atoms with E-state index in [-0.39, 0.29) is 13.0 Å². The fraction of sp³-hybridized carbons (Fsp3) is 0.267. The number of aliphatic hydroxyl groups is 1. The smallest absolute Gasteiger partial charge is 0.330 e. The molecule has 202 valence electrons. The van der Waals surface area contributed by atoms with Crippen LogP contribution in [0.15, 0.2) is 101 Å². The van der Waals surface area contributed by atoms with Crippen molar-refractivity contribution in [3.8, 4) is 11.5 Å². The first-order valence-corrected chi connectivity index (χ1v) is 12.6. The number of aromatic nitrogens is 2. The molecule has 3 atom stereocenters. The molecule has 0 saturated carbocycles. The van der Waals surface area contributed by atoms with Crippen LogP contribution >= 0.6 is 0 Å². The van der Waals surface area contributed by atoms with Crippen LogP contribution in [0.1, 0.15) is 29.3 Å². The number of H-pyrrole nitrogens is 1. The molecule has 0 unspecified atom stereocenters. The second-order valence-electron chi connectivity index (χ2n) is 9.26. The molecule has 1 fully saturated rings. The third kappa shape index (κ3) is 5.24. The maximum atomic E-state index is 12.3. The Kier molecular flexibility index (Phi) is 7.65. The summed E-state index contributed by atoms with van der Waals surface area (Å²) in [6.07, 6.45) is -0.831. The summed E-state index contributed by atoms with van der Waals surface area (Å²) in [5.74, 6) is 1.42. The van der Waals surface area contributed by atoms with Gasteiger partial charge in [-0.25, -0.2) is 4.79 Å². The zero-order valence-corrected chi connectivity index (χ0v) is 21.7. The topological polar surface area (TPSA) is 112 Å². The molecule has 0 radical (unpaired) electrons. The molecule has 0 bridgehead atoms. The lowest BCUT2D eigenvalue weighted by atomic mass is 9.80. The van der Waals surface area contributed by atoms with E-state index < -0.39 is 35.3 Å². The first kappa shape index (κ1) is 26.4. The quantitative estimate of drug-likeness (QED) is 0.320. The standard InChI is InChI=1S/C30H30N2O7/c1-36-23-12-8-21(9-13-23)30(20-6-4-3-5-7-20,22-10-14-24(37-2)15-11-22)38-19-26-25(33)18-28(39-26)32-17-16-27(34)31-29(32)35/h3-17,25-26,28,33H,18-19H2,1-2H3,(H,31,34,35)/t25-,26+,28-/m1/s1. The van der Waals surface area contributed by atoms with Crippen molar-refractivity contribution in [1.82, 2.24) is 9.55 Å². The monoisotopic (exact) mass is 530 g/mol. The second-order valence-corrected chi connectivity index (χ2v) is 9.26. The van der Waals surface area contributed by atoms with E-state index >= 15 is 0 Å². The summed E-state index contributed by atoms with van der Waals surface area (Å²) >= 11 is 0. The van der Waals surface area contributed by atoms with E-state index in [0.717, 1.165) is 16.7 Å². The molecule has 0 spiro atoms. The molecule has 1 aliphatic rings. The predicted molar refractivity (Wildman–Crippen MR) is 144 cm³/mol. The van der Waals surface area contributed by atoms with Crippen LogP contribution in [-0.4, -0.2) is 47.7 Å². The molecule has 9 nitrogen and oxygen atoms in total. The maximum Gasteiger partial charge on any atom is 0.330 e. The molecule has 1 aromatic heterocycles. The average molecular weight is 531 g/mol. The molecule has 5 rings (SSSR count). The normalized spacial score (nSPS) is 19.1. The largest absolute Gasteiger partial charge is 0.497 e. The highest BCUT2D eigenvalue weighted by atomic mass is 16.6. The van der Waals surface area contributed by atoms with Gasteiger partial charge in [-0.15, -0.1) is 0 Å². The number of nitrogens with zero attached hydrogens (tertiary/aromatic N) is 1. The molecule has 1 aliphatic heterocycles.